The summed E-state index contributed by atoms with van der Waals surface area (Å²) < 4.78 is 0. The Balaban J connectivity index is 2.12. The summed E-state index contributed by atoms with van der Waals surface area (Å²) in [6.45, 7) is 4.30. The average Bonchev–Trinajstić information content (AvgIpc) is 2.26. The second-order valence-corrected chi connectivity index (χ2v) is 3.94. The lowest BCUT2D eigenvalue weighted by atomic mass is 10.1. The molecule has 1 aromatic rings. The van der Waals surface area contributed by atoms with Gasteiger partial charge in [-0.2, -0.15) is 0 Å². The molecule has 0 saturated heterocycles. The van der Waals surface area contributed by atoms with Crippen molar-refractivity contribution in [2.75, 3.05) is 6.54 Å². The minimum Gasteiger partial charge on any atom is -0.312 e. The van der Waals surface area contributed by atoms with E-state index in [1.807, 2.05) is 0 Å². The van der Waals surface area contributed by atoms with Crippen LogP contribution < -0.4 is 5.32 Å². The van der Waals surface area contributed by atoms with Gasteiger partial charge in [-0.15, -0.1) is 0 Å². The Labute approximate surface area is 85.7 Å². The molecule has 0 spiro atoms. The molecule has 0 aliphatic carbocycles. The van der Waals surface area contributed by atoms with Crippen LogP contribution in [0.3, 0.4) is 0 Å². The average molecular weight is 190 g/mol. The third-order valence-corrected chi connectivity index (χ3v) is 2.77. The molecular formula is C12H18N2. The van der Waals surface area contributed by atoms with Crippen LogP contribution in [0.1, 0.15) is 36.7 Å². The van der Waals surface area contributed by atoms with Crippen molar-refractivity contribution in [2.24, 2.45) is 0 Å². The van der Waals surface area contributed by atoms with Gasteiger partial charge in [0.1, 0.15) is 0 Å². The fourth-order valence-corrected chi connectivity index (χ4v) is 1.88. The van der Waals surface area contributed by atoms with Crippen LogP contribution in [0, 0.1) is 0 Å². The number of pyridine rings is 1. The van der Waals surface area contributed by atoms with E-state index in [9.17, 15) is 0 Å². The van der Waals surface area contributed by atoms with E-state index in [0.717, 1.165) is 25.9 Å². The highest BCUT2D eigenvalue weighted by molar-refractivity contribution is 5.25. The smallest absolute Gasteiger partial charge is 0.0464 e. The first kappa shape index (κ1) is 9.66. The van der Waals surface area contributed by atoms with E-state index < -0.39 is 0 Å². The molecule has 2 heterocycles. The number of hydrogen-bond donors (Lipinski definition) is 1. The van der Waals surface area contributed by atoms with Gasteiger partial charge < -0.3 is 5.32 Å². The normalized spacial score (nSPS) is 15.2. The summed E-state index contributed by atoms with van der Waals surface area (Å²) in [6.07, 6.45) is 4.73. The van der Waals surface area contributed by atoms with Crippen LogP contribution in [0.25, 0.3) is 0 Å². The number of fused-ring (bicyclic) bond motifs is 1. The molecule has 0 radical (unpaired) electrons. The summed E-state index contributed by atoms with van der Waals surface area (Å²) in [5, 5.41) is 3.36. The molecule has 1 aliphatic heterocycles. The first-order chi connectivity index (χ1) is 6.90. The molecule has 0 bridgehead atoms. The molecule has 0 unspecified atom stereocenters. The first-order valence-corrected chi connectivity index (χ1v) is 5.58. The van der Waals surface area contributed by atoms with Gasteiger partial charge in [0, 0.05) is 30.9 Å². The largest absolute Gasteiger partial charge is 0.312 e. The Kier molecular flexibility index (Phi) is 3.14. The third-order valence-electron chi connectivity index (χ3n) is 2.77. The van der Waals surface area contributed by atoms with Crippen molar-refractivity contribution in [1.82, 2.24) is 10.3 Å². The summed E-state index contributed by atoms with van der Waals surface area (Å²) in [6, 6.07) is 4.42. The number of aryl methyl sites for hydroxylation is 1. The molecule has 76 valence electrons. The standard InChI is InChI=1S/C12H18N2/c1-2-3-4-11-6-5-10-9-13-8-7-12(10)14-11/h5-6,13H,2-4,7-9H2,1H3. The fraction of sp³-hybridized carbons (Fsp3) is 0.583. The van der Waals surface area contributed by atoms with Crippen LogP contribution in [-0.2, 0) is 19.4 Å². The van der Waals surface area contributed by atoms with E-state index in [4.69, 9.17) is 4.98 Å². The maximum Gasteiger partial charge on any atom is 0.0464 e. The molecule has 2 rings (SSSR count). The number of aromatic nitrogens is 1. The molecular weight excluding hydrogens is 172 g/mol. The minimum absolute atomic E-state index is 0.996. The molecule has 2 heteroatoms. The second-order valence-electron chi connectivity index (χ2n) is 3.94. The Bertz CT molecular complexity index is 307. The van der Waals surface area contributed by atoms with Gasteiger partial charge in [0.15, 0.2) is 0 Å². The molecule has 0 aromatic carbocycles. The van der Waals surface area contributed by atoms with E-state index in [1.165, 1.54) is 29.8 Å². The Morgan fingerprint density at radius 3 is 3.21 bits per heavy atom. The van der Waals surface area contributed by atoms with Crippen LogP contribution in [-0.4, -0.2) is 11.5 Å². The van der Waals surface area contributed by atoms with Crippen molar-refractivity contribution >= 4 is 0 Å². The van der Waals surface area contributed by atoms with E-state index in [0.29, 0.717) is 0 Å². The van der Waals surface area contributed by atoms with Crippen molar-refractivity contribution in [3.63, 3.8) is 0 Å². The molecule has 2 nitrogen and oxygen atoms in total. The molecule has 0 amide bonds. The highest BCUT2D eigenvalue weighted by Crippen LogP contribution is 2.13. The van der Waals surface area contributed by atoms with Gasteiger partial charge in [-0.3, -0.25) is 4.98 Å². The molecule has 1 aromatic heterocycles. The Morgan fingerprint density at radius 1 is 1.43 bits per heavy atom. The third kappa shape index (κ3) is 2.13. The van der Waals surface area contributed by atoms with Crippen LogP contribution in [0.2, 0.25) is 0 Å². The number of unbranched alkanes of at least 4 members (excludes halogenated alkanes) is 1. The maximum absolute atomic E-state index is 4.71. The second kappa shape index (κ2) is 4.56. The number of rotatable bonds is 3. The lowest BCUT2D eigenvalue weighted by Gasteiger charge is -2.16. The van der Waals surface area contributed by atoms with Gasteiger partial charge in [0.25, 0.3) is 0 Å². The number of nitrogens with zero attached hydrogens (tertiary/aromatic N) is 1. The fourth-order valence-electron chi connectivity index (χ4n) is 1.88. The van der Waals surface area contributed by atoms with Gasteiger partial charge >= 0.3 is 0 Å². The Hall–Kier alpha value is -0.890. The van der Waals surface area contributed by atoms with Crippen LogP contribution in [0.15, 0.2) is 12.1 Å². The van der Waals surface area contributed by atoms with Gasteiger partial charge in [-0.25, -0.2) is 0 Å². The van der Waals surface area contributed by atoms with E-state index in [-0.39, 0.29) is 0 Å². The predicted octanol–water partition coefficient (Wildman–Crippen LogP) is 2.07. The molecule has 1 N–H and O–H groups in total. The summed E-state index contributed by atoms with van der Waals surface area (Å²) in [5.41, 5.74) is 3.97. The highest BCUT2D eigenvalue weighted by Gasteiger charge is 2.09. The SMILES string of the molecule is CCCCc1ccc2c(n1)CCNC2. The number of nitrogens with one attached hydrogen (secondary N) is 1. The Morgan fingerprint density at radius 2 is 2.36 bits per heavy atom. The van der Waals surface area contributed by atoms with Crippen LogP contribution in [0.4, 0.5) is 0 Å². The predicted molar refractivity (Wildman–Crippen MR) is 58.3 cm³/mol. The van der Waals surface area contributed by atoms with Crippen molar-refractivity contribution in [3.8, 4) is 0 Å². The van der Waals surface area contributed by atoms with Crippen molar-refractivity contribution in [3.05, 3.63) is 29.1 Å². The van der Waals surface area contributed by atoms with Gasteiger partial charge in [-0.1, -0.05) is 19.4 Å². The van der Waals surface area contributed by atoms with E-state index in [2.05, 4.69) is 24.4 Å². The molecule has 0 fully saturated rings. The zero-order valence-electron chi connectivity index (χ0n) is 8.84. The maximum atomic E-state index is 4.71. The molecule has 0 atom stereocenters. The van der Waals surface area contributed by atoms with Crippen molar-refractivity contribution in [1.29, 1.82) is 0 Å². The van der Waals surface area contributed by atoms with Gasteiger partial charge in [0.05, 0.1) is 0 Å². The van der Waals surface area contributed by atoms with Crippen molar-refractivity contribution in [2.45, 2.75) is 39.2 Å². The van der Waals surface area contributed by atoms with Crippen LogP contribution >= 0.6 is 0 Å². The minimum atomic E-state index is 0.996. The zero-order valence-corrected chi connectivity index (χ0v) is 8.84. The van der Waals surface area contributed by atoms with E-state index >= 15 is 0 Å². The first-order valence-electron chi connectivity index (χ1n) is 5.58. The lowest BCUT2D eigenvalue weighted by molar-refractivity contribution is 0.625. The summed E-state index contributed by atoms with van der Waals surface area (Å²) in [5.74, 6) is 0. The molecule has 1 aliphatic rings. The van der Waals surface area contributed by atoms with Gasteiger partial charge in [0.2, 0.25) is 0 Å². The summed E-state index contributed by atoms with van der Waals surface area (Å²) in [4.78, 5) is 4.71. The quantitative estimate of drug-likeness (QED) is 0.789. The highest BCUT2D eigenvalue weighted by atomic mass is 14.9. The monoisotopic (exact) mass is 190 g/mol. The van der Waals surface area contributed by atoms with E-state index in [1.54, 1.807) is 0 Å². The van der Waals surface area contributed by atoms with Crippen LogP contribution in [0.5, 0.6) is 0 Å². The molecule has 0 saturated carbocycles. The summed E-state index contributed by atoms with van der Waals surface area (Å²) in [7, 11) is 0. The number of hydrogen-bond acceptors (Lipinski definition) is 2. The van der Waals surface area contributed by atoms with Crippen molar-refractivity contribution < 1.29 is 0 Å². The topological polar surface area (TPSA) is 24.9 Å². The lowest BCUT2D eigenvalue weighted by Crippen LogP contribution is -2.24. The zero-order chi connectivity index (χ0) is 9.80. The molecule has 14 heavy (non-hydrogen) atoms. The summed E-state index contributed by atoms with van der Waals surface area (Å²) >= 11 is 0. The van der Waals surface area contributed by atoms with Gasteiger partial charge in [-0.05, 0) is 24.5 Å².